The topological polar surface area (TPSA) is 44.5 Å². The minimum absolute atomic E-state index is 0.151. The molecule has 0 fully saturated rings. The zero-order valence-corrected chi connectivity index (χ0v) is 8.13. The maximum absolute atomic E-state index is 12.8. The van der Waals surface area contributed by atoms with E-state index in [1.165, 1.54) is 6.07 Å². The molecule has 78 valence electrons. The van der Waals surface area contributed by atoms with Crippen LogP contribution in [0.25, 0.3) is 0 Å². The van der Waals surface area contributed by atoms with Gasteiger partial charge in [-0.2, -0.15) is 0 Å². The monoisotopic (exact) mass is 199 g/mol. The fraction of sp³-hybridized carbons (Fsp3) is 0.400. The summed E-state index contributed by atoms with van der Waals surface area (Å²) < 4.78 is 22.8. The molecule has 1 aromatic carbocycles. The maximum Gasteiger partial charge on any atom is 0.146 e. The summed E-state index contributed by atoms with van der Waals surface area (Å²) in [7, 11) is 1.61. The molecule has 0 aliphatic heterocycles. The highest BCUT2D eigenvalue weighted by molar-refractivity contribution is 5.42. The lowest BCUT2D eigenvalue weighted by molar-refractivity contribution is 0.0616. The van der Waals surface area contributed by atoms with Crippen LogP contribution in [0.1, 0.15) is 5.56 Å². The smallest absolute Gasteiger partial charge is 0.146 e. The fourth-order valence-electron chi connectivity index (χ4n) is 1.02. The van der Waals surface area contributed by atoms with E-state index in [1.54, 1.807) is 19.2 Å². The summed E-state index contributed by atoms with van der Waals surface area (Å²) in [6.45, 7) is 1.50. The Morgan fingerprint density at radius 2 is 2.14 bits per heavy atom. The van der Waals surface area contributed by atoms with Gasteiger partial charge in [-0.05, 0) is 17.7 Å². The van der Waals surface area contributed by atoms with Gasteiger partial charge < -0.3 is 15.2 Å². The third-order valence-corrected chi connectivity index (χ3v) is 1.76. The lowest BCUT2D eigenvalue weighted by atomic mass is 10.2. The van der Waals surface area contributed by atoms with E-state index >= 15 is 0 Å². The highest BCUT2D eigenvalue weighted by atomic mass is 19.1. The predicted molar refractivity (Wildman–Crippen MR) is 52.3 cm³/mol. The van der Waals surface area contributed by atoms with Crippen LogP contribution in [0.15, 0.2) is 18.2 Å². The molecule has 1 rings (SSSR count). The van der Waals surface area contributed by atoms with Gasteiger partial charge in [-0.3, -0.25) is 0 Å². The van der Waals surface area contributed by atoms with Gasteiger partial charge in [-0.25, -0.2) is 4.39 Å². The molecule has 0 heterocycles. The van der Waals surface area contributed by atoms with E-state index < -0.39 is 5.82 Å². The summed E-state index contributed by atoms with van der Waals surface area (Å²) >= 11 is 0. The zero-order valence-electron chi connectivity index (χ0n) is 8.13. The van der Waals surface area contributed by atoms with E-state index in [-0.39, 0.29) is 5.69 Å². The van der Waals surface area contributed by atoms with Gasteiger partial charge in [0, 0.05) is 7.11 Å². The van der Waals surface area contributed by atoms with Gasteiger partial charge in [-0.1, -0.05) is 6.07 Å². The summed E-state index contributed by atoms with van der Waals surface area (Å²) in [4.78, 5) is 0. The largest absolute Gasteiger partial charge is 0.396 e. The van der Waals surface area contributed by atoms with E-state index in [4.69, 9.17) is 15.2 Å². The summed E-state index contributed by atoms with van der Waals surface area (Å²) in [6, 6.07) is 4.56. The van der Waals surface area contributed by atoms with Crippen molar-refractivity contribution < 1.29 is 13.9 Å². The Morgan fingerprint density at radius 1 is 1.36 bits per heavy atom. The summed E-state index contributed by atoms with van der Waals surface area (Å²) in [6.07, 6.45) is 0. The Balaban J connectivity index is 2.39. The molecule has 14 heavy (non-hydrogen) atoms. The number of nitrogen functional groups attached to an aromatic ring is 1. The molecule has 0 amide bonds. The first kappa shape index (κ1) is 10.9. The van der Waals surface area contributed by atoms with Gasteiger partial charge >= 0.3 is 0 Å². The minimum Gasteiger partial charge on any atom is -0.396 e. The van der Waals surface area contributed by atoms with Gasteiger partial charge in [0.05, 0.1) is 25.5 Å². The Hall–Kier alpha value is -1.13. The van der Waals surface area contributed by atoms with Crippen LogP contribution in [-0.4, -0.2) is 20.3 Å². The summed E-state index contributed by atoms with van der Waals surface area (Å²) in [5.74, 6) is -0.398. The Bertz CT molecular complexity index is 291. The third-order valence-electron chi connectivity index (χ3n) is 1.76. The van der Waals surface area contributed by atoms with Crippen molar-refractivity contribution in [2.75, 3.05) is 26.1 Å². The first-order valence-corrected chi connectivity index (χ1v) is 4.34. The van der Waals surface area contributed by atoms with E-state index in [0.717, 1.165) is 5.56 Å². The molecule has 0 saturated heterocycles. The molecule has 3 nitrogen and oxygen atoms in total. The lowest BCUT2D eigenvalue weighted by Gasteiger charge is -2.04. The quantitative estimate of drug-likeness (QED) is 0.578. The van der Waals surface area contributed by atoms with Crippen molar-refractivity contribution in [3.63, 3.8) is 0 Å². The number of halogens is 1. The molecule has 0 spiro atoms. The number of anilines is 1. The number of hydrogen-bond acceptors (Lipinski definition) is 3. The number of rotatable bonds is 5. The van der Waals surface area contributed by atoms with Gasteiger partial charge in [0.15, 0.2) is 0 Å². The maximum atomic E-state index is 12.8. The molecular weight excluding hydrogens is 185 g/mol. The van der Waals surface area contributed by atoms with E-state index in [0.29, 0.717) is 19.8 Å². The highest BCUT2D eigenvalue weighted by Gasteiger charge is 1.99. The molecule has 4 heteroatoms. The molecule has 1 aromatic rings. The second-order valence-electron chi connectivity index (χ2n) is 2.90. The van der Waals surface area contributed by atoms with Crippen molar-refractivity contribution in [3.8, 4) is 0 Å². The van der Waals surface area contributed by atoms with Gasteiger partial charge in [0.2, 0.25) is 0 Å². The van der Waals surface area contributed by atoms with Gasteiger partial charge in [-0.15, -0.1) is 0 Å². The molecule has 0 aliphatic rings. The fourth-order valence-corrected chi connectivity index (χ4v) is 1.02. The minimum atomic E-state index is -0.398. The van der Waals surface area contributed by atoms with Crippen molar-refractivity contribution in [3.05, 3.63) is 29.6 Å². The van der Waals surface area contributed by atoms with Crippen molar-refractivity contribution in [2.24, 2.45) is 0 Å². The highest BCUT2D eigenvalue weighted by Crippen LogP contribution is 2.12. The SMILES string of the molecule is COCCOCc1ccc(F)c(N)c1. The third kappa shape index (κ3) is 3.32. The molecule has 0 radical (unpaired) electrons. The molecule has 0 aliphatic carbocycles. The first-order valence-electron chi connectivity index (χ1n) is 4.34. The zero-order chi connectivity index (χ0) is 10.4. The van der Waals surface area contributed by atoms with Crippen molar-refractivity contribution in [1.82, 2.24) is 0 Å². The van der Waals surface area contributed by atoms with E-state index in [9.17, 15) is 4.39 Å². The molecule has 2 N–H and O–H groups in total. The normalized spacial score (nSPS) is 10.4. The first-order chi connectivity index (χ1) is 6.74. The number of hydrogen-bond donors (Lipinski definition) is 1. The van der Waals surface area contributed by atoms with Gasteiger partial charge in [0.25, 0.3) is 0 Å². The second-order valence-corrected chi connectivity index (χ2v) is 2.90. The molecular formula is C10H14FNO2. The van der Waals surface area contributed by atoms with Gasteiger partial charge in [0.1, 0.15) is 5.82 Å². The van der Waals surface area contributed by atoms with Crippen LogP contribution in [0.4, 0.5) is 10.1 Å². The Morgan fingerprint density at radius 3 is 2.79 bits per heavy atom. The summed E-state index contributed by atoms with van der Waals surface area (Å²) in [5.41, 5.74) is 6.41. The average molecular weight is 199 g/mol. The van der Waals surface area contributed by atoms with Crippen LogP contribution in [0.5, 0.6) is 0 Å². The standard InChI is InChI=1S/C10H14FNO2/c1-13-4-5-14-7-8-2-3-9(11)10(12)6-8/h2-3,6H,4-5,7,12H2,1H3. The number of ether oxygens (including phenoxy) is 2. The summed E-state index contributed by atoms with van der Waals surface area (Å²) in [5, 5.41) is 0. The van der Waals surface area contributed by atoms with E-state index in [1.807, 2.05) is 0 Å². The second kappa shape index (κ2) is 5.57. The number of methoxy groups -OCH3 is 1. The van der Waals surface area contributed by atoms with Crippen molar-refractivity contribution in [2.45, 2.75) is 6.61 Å². The molecule has 0 aromatic heterocycles. The average Bonchev–Trinajstić information content (AvgIpc) is 2.18. The van der Waals surface area contributed by atoms with Crippen LogP contribution in [-0.2, 0) is 16.1 Å². The van der Waals surface area contributed by atoms with Crippen LogP contribution < -0.4 is 5.73 Å². The number of nitrogens with two attached hydrogens (primary N) is 1. The molecule has 0 unspecified atom stereocenters. The molecule has 0 saturated carbocycles. The Labute approximate surface area is 82.6 Å². The Kier molecular flexibility index (Phi) is 4.35. The predicted octanol–water partition coefficient (Wildman–Crippen LogP) is 1.57. The molecule has 0 bridgehead atoms. The lowest BCUT2D eigenvalue weighted by Crippen LogP contribution is -2.02. The van der Waals surface area contributed by atoms with Crippen LogP contribution in [0, 0.1) is 5.82 Å². The van der Waals surface area contributed by atoms with Crippen LogP contribution >= 0.6 is 0 Å². The van der Waals surface area contributed by atoms with E-state index in [2.05, 4.69) is 0 Å². The van der Waals surface area contributed by atoms with Crippen molar-refractivity contribution >= 4 is 5.69 Å². The number of benzene rings is 1. The van der Waals surface area contributed by atoms with Crippen molar-refractivity contribution in [1.29, 1.82) is 0 Å². The van der Waals surface area contributed by atoms with Crippen LogP contribution in [0.3, 0.4) is 0 Å². The van der Waals surface area contributed by atoms with Crippen LogP contribution in [0.2, 0.25) is 0 Å². The molecule has 0 atom stereocenters.